The van der Waals surface area contributed by atoms with E-state index >= 15 is 0 Å². The van der Waals surface area contributed by atoms with E-state index in [2.05, 4.69) is 21.8 Å². The van der Waals surface area contributed by atoms with Crippen LogP contribution in [0.15, 0.2) is 12.4 Å². The van der Waals surface area contributed by atoms with Crippen LogP contribution in [0.2, 0.25) is 0 Å². The largest absolute Gasteiger partial charge is 0.355 e. The van der Waals surface area contributed by atoms with E-state index in [1.807, 2.05) is 6.20 Å². The van der Waals surface area contributed by atoms with E-state index in [4.69, 9.17) is 5.73 Å². The molecule has 0 saturated carbocycles. The smallest absolute Gasteiger partial charge is 0.147 e. The highest BCUT2D eigenvalue weighted by Crippen LogP contribution is 2.22. The van der Waals surface area contributed by atoms with E-state index in [0.717, 1.165) is 30.5 Å². The predicted octanol–water partition coefficient (Wildman–Crippen LogP) is 1.56. The fourth-order valence-electron chi connectivity index (χ4n) is 2.22. The van der Waals surface area contributed by atoms with Crippen molar-refractivity contribution in [1.82, 2.24) is 9.97 Å². The van der Waals surface area contributed by atoms with Crippen LogP contribution in [0.25, 0.3) is 0 Å². The van der Waals surface area contributed by atoms with Crippen LogP contribution in [-0.2, 0) is 6.54 Å². The maximum Gasteiger partial charge on any atom is 0.147 e. The van der Waals surface area contributed by atoms with Gasteiger partial charge in [-0.2, -0.15) is 0 Å². The number of hydrogen-bond donors (Lipinski definition) is 1. The van der Waals surface area contributed by atoms with Crippen LogP contribution in [0.4, 0.5) is 5.82 Å². The molecule has 0 aliphatic carbocycles. The zero-order valence-electron chi connectivity index (χ0n) is 9.89. The van der Waals surface area contributed by atoms with Gasteiger partial charge in [0.1, 0.15) is 5.82 Å². The Morgan fingerprint density at radius 1 is 1.44 bits per heavy atom. The van der Waals surface area contributed by atoms with Gasteiger partial charge in [0, 0.05) is 19.6 Å². The highest BCUT2D eigenvalue weighted by molar-refractivity contribution is 5.36. The summed E-state index contributed by atoms with van der Waals surface area (Å²) in [5.41, 5.74) is 6.36. The summed E-state index contributed by atoms with van der Waals surface area (Å²) < 4.78 is 0. The van der Waals surface area contributed by atoms with Gasteiger partial charge in [0.2, 0.25) is 0 Å². The standard InChI is InChI=1S/C12H20N4/c1-2-10-4-3-5-16(9-10)12-8-14-11(6-13)7-15-12/h7-8,10H,2-6,9,13H2,1H3. The Labute approximate surface area is 96.9 Å². The summed E-state index contributed by atoms with van der Waals surface area (Å²) in [6, 6.07) is 0. The van der Waals surface area contributed by atoms with Crippen LogP contribution in [-0.4, -0.2) is 23.1 Å². The number of rotatable bonds is 3. The van der Waals surface area contributed by atoms with Gasteiger partial charge in [0.15, 0.2) is 0 Å². The molecule has 88 valence electrons. The van der Waals surface area contributed by atoms with Gasteiger partial charge in [-0.1, -0.05) is 13.3 Å². The van der Waals surface area contributed by atoms with Gasteiger partial charge < -0.3 is 10.6 Å². The fourth-order valence-corrected chi connectivity index (χ4v) is 2.22. The third-order valence-corrected chi connectivity index (χ3v) is 3.32. The van der Waals surface area contributed by atoms with Gasteiger partial charge in [-0.3, -0.25) is 4.98 Å². The number of anilines is 1. The first-order valence-electron chi connectivity index (χ1n) is 6.09. The molecule has 1 aliphatic rings. The third-order valence-electron chi connectivity index (χ3n) is 3.32. The molecule has 0 radical (unpaired) electrons. The number of nitrogens with two attached hydrogens (primary N) is 1. The monoisotopic (exact) mass is 220 g/mol. The van der Waals surface area contributed by atoms with E-state index in [-0.39, 0.29) is 0 Å². The van der Waals surface area contributed by atoms with Crippen molar-refractivity contribution in [2.24, 2.45) is 11.7 Å². The second-order valence-electron chi connectivity index (χ2n) is 4.43. The van der Waals surface area contributed by atoms with Crippen LogP contribution in [0.3, 0.4) is 0 Å². The lowest BCUT2D eigenvalue weighted by atomic mass is 9.96. The summed E-state index contributed by atoms with van der Waals surface area (Å²) in [5, 5.41) is 0. The molecule has 16 heavy (non-hydrogen) atoms. The van der Waals surface area contributed by atoms with Crippen LogP contribution in [0.1, 0.15) is 31.9 Å². The molecular weight excluding hydrogens is 200 g/mol. The Hall–Kier alpha value is -1.16. The first-order chi connectivity index (χ1) is 7.83. The normalized spacial score (nSPS) is 21.1. The average molecular weight is 220 g/mol. The SMILES string of the molecule is CCC1CCCN(c2cnc(CN)cn2)C1. The van der Waals surface area contributed by atoms with E-state index in [1.165, 1.54) is 19.3 Å². The first kappa shape index (κ1) is 11.3. The summed E-state index contributed by atoms with van der Waals surface area (Å²) in [5.74, 6) is 1.81. The van der Waals surface area contributed by atoms with E-state index in [1.54, 1.807) is 6.20 Å². The van der Waals surface area contributed by atoms with E-state index < -0.39 is 0 Å². The summed E-state index contributed by atoms with van der Waals surface area (Å²) in [4.78, 5) is 11.1. The molecular formula is C12H20N4. The second kappa shape index (κ2) is 5.25. The average Bonchev–Trinajstić information content (AvgIpc) is 2.39. The van der Waals surface area contributed by atoms with Crippen LogP contribution in [0.5, 0.6) is 0 Å². The second-order valence-corrected chi connectivity index (χ2v) is 4.43. The quantitative estimate of drug-likeness (QED) is 0.840. The van der Waals surface area contributed by atoms with E-state index in [9.17, 15) is 0 Å². The molecule has 1 fully saturated rings. The molecule has 0 spiro atoms. The van der Waals surface area contributed by atoms with Crippen molar-refractivity contribution in [3.05, 3.63) is 18.1 Å². The summed E-state index contributed by atoms with van der Waals surface area (Å²) >= 11 is 0. The third kappa shape index (κ3) is 2.50. The van der Waals surface area contributed by atoms with Gasteiger partial charge in [0.25, 0.3) is 0 Å². The summed E-state index contributed by atoms with van der Waals surface area (Å²) in [7, 11) is 0. The molecule has 1 aliphatic heterocycles. The fraction of sp³-hybridized carbons (Fsp3) is 0.667. The Balaban J connectivity index is 2.05. The van der Waals surface area contributed by atoms with Gasteiger partial charge >= 0.3 is 0 Å². The zero-order valence-corrected chi connectivity index (χ0v) is 9.89. The molecule has 1 aromatic rings. The maximum atomic E-state index is 5.51. The Morgan fingerprint density at radius 3 is 2.94 bits per heavy atom. The number of piperidine rings is 1. The highest BCUT2D eigenvalue weighted by Gasteiger charge is 2.19. The molecule has 1 saturated heterocycles. The summed E-state index contributed by atoms with van der Waals surface area (Å²) in [6.07, 6.45) is 7.50. The predicted molar refractivity (Wildman–Crippen MR) is 65.2 cm³/mol. The Morgan fingerprint density at radius 2 is 2.31 bits per heavy atom. The zero-order chi connectivity index (χ0) is 11.4. The molecule has 4 heteroatoms. The van der Waals surface area contributed by atoms with Crippen molar-refractivity contribution in [3.63, 3.8) is 0 Å². The lowest BCUT2D eigenvalue weighted by Crippen LogP contribution is -2.35. The first-order valence-corrected chi connectivity index (χ1v) is 6.09. The van der Waals surface area contributed by atoms with Gasteiger partial charge in [-0.15, -0.1) is 0 Å². The Bertz CT molecular complexity index is 322. The number of aromatic nitrogens is 2. The van der Waals surface area contributed by atoms with Crippen LogP contribution >= 0.6 is 0 Å². The molecule has 1 aromatic heterocycles. The molecule has 2 rings (SSSR count). The minimum absolute atomic E-state index is 0.463. The van der Waals surface area contributed by atoms with Crippen molar-refractivity contribution in [2.75, 3.05) is 18.0 Å². The van der Waals surface area contributed by atoms with Crippen molar-refractivity contribution < 1.29 is 0 Å². The van der Waals surface area contributed by atoms with Gasteiger partial charge in [0.05, 0.1) is 18.1 Å². The molecule has 2 N–H and O–H groups in total. The molecule has 1 atom stereocenters. The maximum absolute atomic E-state index is 5.51. The topological polar surface area (TPSA) is 55.0 Å². The van der Waals surface area contributed by atoms with E-state index in [0.29, 0.717) is 6.54 Å². The molecule has 2 heterocycles. The van der Waals surface area contributed by atoms with Gasteiger partial charge in [-0.25, -0.2) is 4.98 Å². The van der Waals surface area contributed by atoms with Crippen molar-refractivity contribution >= 4 is 5.82 Å². The summed E-state index contributed by atoms with van der Waals surface area (Å²) in [6.45, 7) is 4.95. The van der Waals surface area contributed by atoms with Crippen molar-refractivity contribution in [1.29, 1.82) is 0 Å². The molecule has 1 unspecified atom stereocenters. The van der Waals surface area contributed by atoms with Crippen molar-refractivity contribution in [3.8, 4) is 0 Å². The number of nitrogens with zero attached hydrogens (tertiary/aromatic N) is 3. The lowest BCUT2D eigenvalue weighted by Gasteiger charge is -2.32. The minimum atomic E-state index is 0.463. The van der Waals surface area contributed by atoms with Crippen molar-refractivity contribution in [2.45, 2.75) is 32.7 Å². The molecule has 0 aromatic carbocycles. The Kier molecular flexibility index (Phi) is 3.72. The van der Waals surface area contributed by atoms with Gasteiger partial charge in [-0.05, 0) is 18.8 Å². The van der Waals surface area contributed by atoms with Crippen LogP contribution < -0.4 is 10.6 Å². The lowest BCUT2D eigenvalue weighted by molar-refractivity contribution is 0.403. The molecule has 0 amide bonds. The molecule has 4 nitrogen and oxygen atoms in total. The van der Waals surface area contributed by atoms with Crippen LogP contribution in [0, 0.1) is 5.92 Å². The minimum Gasteiger partial charge on any atom is -0.355 e. The molecule has 0 bridgehead atoms. The highest BCUT2D eigenvalue weighted by atomic mass is 15.2. The number of hydrogen-bond acceptors (Lipinski definition) is 4.